The molecule has 2 N–H and O–H groups in total. The predicted molar refractivity (Wildman–Crippen MR) is 120 cm³/mol. The molecule has 0 aromatic heterocycles. The molecule has 0 aliphatic rings. The molecule has 2 aromatic carbocycles. The zero-order valence-electron chi connectivity index (χ0n) is 16.1. The number of hydrogen-bond donors (Lipinski definition) is 2. The maximum atomic E-state index is 5.62. The third-order valence-corrected chi connectivity index (χ3v) is 3.83. The van der Waals surface area contributed by atoms with E-state index in [4.69, 9.17) is 4.74 Å². The van der Waals surface area contributed by atoms with Crippen molar-refractivity contribution in [2.45, 2.75) is 46.6 Å². The van der Waals surface area contributed by atoms with Gasteiger partial charge in [-0.3, -0.25) is 4.99 Å². The van der Waals surface area contributed by atoms with Gasteiger partial charge in [0.15, 0.2) is 5.96 Å². The molecule has 2 rings (SSSR count). The summed E-state index contributed by atoms with van der Waals surface area (Å²) in [6.45, 7) is 8.35. The lowest BCUT2D eigenvalue weighted by atomic mass is 10.1. The fraction of sp³-hybridized carbons (Fsp3) is 0.381. The maximum absolute atomic E-state index is 5.62. The van der Waals surface area contributed by atoms with E-state index in [0.717, 1.165) is 19.0 Å². The summed E-state index contributed by atoms with van der Waals surface area (Å²) in [5, 5.41) is 6.69. The SMILES string of the molecule is CN=C(NCc1ccc(COC(C)C)cc1)NCc1cccc(C)c1.I. The largest absolute Gasteiger partial charge is 0.374 e. The Morgan fingerprint density at radius 3 is 2.15 bits per heavy atom. The van der Waals surface area contributed by atoms with Gasteiger partial charge in [-0.1, -0.05) is 54.1 Å². The summed E-state index contributed by atoms with van der Waals surface area (Å²) in [5.74, 6) is 0.800. The van der Waals surface area contributed by atoms with Crippen LogP contribution in [0.1, 0.15) is 36.1 Å². The van der Waals surface area contributed by atoms with Crippen LogP contribution in [0.5, 0.6) is 0 Å². The predicted octanol–water partition coefficient (Wildman–Crippen LogP) is 4.40. The number of halogens is 1. The Morgan fingerprint density at radius 2 is 1.58 bits per heavy atom. The van der Waals surface area contributed by atoms with Crippen molar-refractivity contribution in [2.75, 3.05) is 7.05 Å². The van der Waals surface area contributed by atoms with E-state index < -0.39 is 0 Å². The fourth-order valence-corrected chi connectivity index (χ4v) is 2.43. The second-order valence-electron chi connectivity index (χ2n) is 6.44. The van der Waals surface area contributed by atoms with Crippen LogP contribution in [0.4, 0.5) is 0 Å². The molecule has 0 heterocycles. The molecule has 0 aliphatic carbocycles. The second-order valence-corrected chi connectivity index (χ2v) is 6.44. The van der Waals surface area contributed by atoms with Gasteiger partial charge in [-0.2, -0.15) is 0 Å². The molecule has 0 radical (unpaired) electrons. The number of nitrogens with one attached hydrogen (secondary N) is 2. The maximum Gasteiger partial charge on any atom is 0.191 e. The zero-order chi connectivity index (χ0) is 18.1. The molecule has 0 spiro atoms. The zero-order valence-corrected chi connectivity index (χ0v) is 18.4. The van der Waals surface area contributed by atoms with Gasteiger partial charge in [0.05, 0.1) is 12.7 Å². The highest BCUT2D eigenvalue weighted by atomic mass is 127. The number of ether oxygens (including phenoxy) is 1. The first-order valence-corrected chi connectivity index (χ1v) is 8.76. The van der Waals surface area contributed by atoms with E-state index in [1.165, 1.54) is 22.3 Å². The third-order valence-electron chi connectivity index (χ3n) is 3.83. The fourth-order valence-electron chi connectivity index (χ4n) is 2.43. The van der Waals surface area contributed by atoms with E-state index in [1.807, 2.05) is 13.8 Å². The van der Waals surface area contributed by atoms with E-state index in [1.54, 1.807) is 7.05 Å². The first kappa shape index (κ1) is 22.4. The van der Waals surface area contributed by atoms with Crippen LogP contribution in [-0.2, 0) is 24.4 Å². The lowest BCUT2D eigenvalue weighted by Gasteiger charge is -2.13. The summed E-state index contributed by atoms with van der Waals surface area (Å²) in [5.41, 5.74) is 4.92. The van der Waals surface area contributed by atoms with Crippen LogP contribution in [0.2, 0.25) is 0 Å². The van der Waals surface area contributed by atoms with Gasteiger partial charge in [0.2, 0.25) is 0 Å². The van der Waals surface area contributed by atoms with Gasteiger partial charge in [0, 0.05) is 20.1 Å². The normalized spacial score (nSPS) is 11.2. The number of hydrogen-bond acceptors (Lipinski definition) is 2. The lowest BCUT2D eigenvalue weighted by molar-refractivity contribution is 0.0657. The molecule has 4 nitrogen and oxygen atoms in total. The minimum absolute atomic E-state index is 0. The Kier molecular flexibility index (Phi) is 10.3. The Morgan fingerprint density at radius 1 is 0.962 bits per heavy atom. The Hall–Kier alpha value is -1.60. The standard InChI is InChI=1S/C21H29N3O.HI/c1-16(2)25-15-19-10-8-18(9-11-19)13-23-21(22-4)24-14-20-7-5-6-17(3)12-20;/h5-12,16H,13-15H2,1-4H3,(H2,22,23,24);1H. The van der Waals surface area contributed by atoms with E-state index in [0.29, 0.717) is 6.61 Å². The number of aliphatic imine (C=N–C) groups is 1. The molecule has 0 unspecified atom stereocenters. The van der Waals surface area contributed by atoms with Crippen LogP contribution in [0.25, 0.3) is 0 Å². The highest BCUT2D eigenvalue weighted by Crippen LogP contribution is 2.07. The summed E-state index contributed by atoms with van der Waals surface area (Å²) in [7, 11) is 1.79. The van der Waals surface area contributed by atoms with Gasteiger partial charge in [0.1, 0.15) is 0 Å². The molecule has 26 heavy (non-hydrogen) atoms. The second kappa shape index (κ2) is 11.9. The average molecular weight is 467 g/mol. The highest BCUT2D eigenvalue weighted by molar-refractivity contribution is 14.0. The third kappa shape index (κ3) is 8.19. The summed E-state index contributed by atoms with van der Waals surface area (Å²) in [4.78, 5) is 4.28. The smallest absolute Gasteiger partial charge is 0.191 e. The molecule has 5 heteroatoms. The molecule has 0 aliphatic heterocycles. The molecule has 0 atom stereocenters. The number of guanidine groups is 1. The van der Waals surface area contributed by atoms with Crippen molar-refractivity contribution in [1.29, 1.82) is 0 Å². The first-order valence-electron chi connectivity index (χ1n) is 8.76. The van der Waals surface area contributed by atoms with Crippen molar-refractivity contribution in [3.05, 3.63) is 70.8 Å². The molecule has 0 bridgehead atoms. The van der Waals surface area contributed by atoms with Gasteiger partial charge >= 0.3 is 0 Å². The number of aryl methyl sites for hydroxylation is 1. The number of nitrogens with zero attached hydrogens (tertiary/aromatic N) is 1. The first-order chi connectivity index (χ1) is 12.1. The summed E-state index contributed by atoms with van der Waals surface area (Å²) < 4.78 is 5.62. The van der Waals surface area contributed by atoms with Crippen LogP contribution >= 0.6 is 24.0 Å². The molecule has 0 saturated heterocycles. The highest BCUT2D eigenvalue weighted by Gasteiger charge is 2.01. The summed E-state index contributed by atoms with van der Waals surface area (Å²) in [6.07, 6.45) is 0.254. The molecule has 142 valence electrons. The quantitative estimate of drug-likeness (QED) is 0.361. The van der Waals surface area contributed by atoms with Crippen LogP contribution in [-0.4, -0.2) is 19.1 Å². The molecular formula is C21H30IN3O. The van der Waals surface area contributed by atoms with Crippen molar-refractivity contribution in [1.82, 2.24) is 10.6 Å². The minimum atomic E-state index is 0. The van der Waals surface area contributed by atoms with E-state index in [2.05, 4.69) is 71.1 Å². The summed E-state index contributed by atoms with van der Waals surface area (Å²) in [6, 6.07) is 17.0. The van der Waals surface area contributed by atoms with E-state index in [-0.39, 0.29) is 30.1 Å². The van der Waals surface area contributed by atoms with E-state index in [9.17, 15) is 0 Å². The number of benzene rings is 2. The number of rotatable bonds is 7. The molecule has 2 aromatic rings. The van der Waals surface area contributed by atoms with Gasteiger partial charge in [0.25, 0.3) is 0 Å². The monoisotopic (exact) mass is 467 g/mol. The van der Waals surface area contributed by atoms with Crippen LogP contribution in [0, 0.1) is 6.92 Å². The van der Waals surface area contributed by atoms with Crippen molar-refractivity contribution < 1.29 is 4.74 Å². The van der Waals surface area contributed by atoms with Crippen LogP contribution in [0.3, 0.4) is 0 Å². The summed E-state index contributed by atoms with van der Waals surface area (Å²) >= 11 is 0. The Labute approximate surface area is 174 Å². The van der Waals surface area contributed by atoms with E-state index >= 15 is 0 Å². The van der Waals surface area contributed by atoms with Crippen LogP contribution < -0.4 is 10.6 Å². The lowest BCUT2D eigenvalue weighted by Crippen LogP contribution is -2.36. The van der Waals surface area contributed by atoms with Crippen LogP contribution in [0.15, 0.2) is 53.5 Å². The average Bonchev–Trinajstić information content (AvgIpc) is 2.61. The van der Waals surface area contributed by atoms with Gasteiger partial charge < -0.3 is 15.4 Å². The van der Waals surface area contributed by atoms with Gasteiger partial charge in [-0.05, 0) is 37.5 Å². The Balaban J connectivity index is 0.00000338. The van der Waals surface area contributed by atoms with Gasteiger partial charge in [-0.15, -0.1) is 24.0 Å². The molecule has 0 fully saturated rings. The van der Waals surface area contributed by atoms with Crippen molar-refractivity contribution in [3.63, 3.8) is 0 Å². The topological polar surface area (TPSA) is 45.7 Å². The Bertz CT molecular complexity index is 684. The van der Waals surface area contributed by atoms with Crippen molar-refractivity contribution in [2.24, 2.45) is 4.99 Å². The molecule has 0 saturated carbocycles. The molecule has 0 amide bonds. The molecular weight excluding hydrogens is 437 g/mol. The minimum Gasteiger partial charge on any atom is -0.374 e. The van der Waals surface area contributed by atoms with Gasteiger partial charge in [-0.25, -0.2) is 0 Å². The van der Waals surface area contributed by atoms with Crippen molar-refractivity contribution in [3.8, 4) is 0 Å². The van der Waals surface area contributed by atoms with Crippen molar-refractivity contribution >= 4 is 29.9 Å².